The van der Waals surface area contributed by atoms with Gasteiger partial charge in [-0.3, -0.25) is 5.10 Å². The van der Waals surface area contributed by atoms with Gasteiger partial charge < -0.3 is 10.8 Å². The standard InChI is InChI=1S/C7H13N3O/c8-6(2-4-11)5-7-1-3-9-10-7/h1,3,6,11H,2,4-5,8H2,(H,9,10). The molecule has 1 heterocycles. The van der Waals surface area contributed by atoms with Crippen molar-refractivity contribution in [1.82, 2.24) is 10.2 Å². The Kier molecular flexibility index (Phi) is 3.07. The minimum atomic E-state index is 0.0282. The largest absolute Gasteiger partial charge is 0.396 e. The van der Waals surface area contributed by atoms with Gasteiger partial charge in [-0.15, -0.1) is 0 Å². The summed E-state index contributed by atoms with van der Waals surface area (Å²) in [5.41, 5.74) is 6.69. The number of rotatable bonds is 4. The number of nitrogens with one attached hydrogen (secondary N) is 1. The molecule has 0 spiro atoms. The van der Waals surface area contributed by atoms with Crippen LogP contribution in [0.25, 0.3) is 0 Å². The van der Waals surface area contributed by atoms with Gasteiger partial charge >= 0.3 is 0 Å². The van der Waals surface area contributed by atoms with Crippen molar-refractivity contribution in [2.45, 2.75) is 18.9 Å². The Labute approximate surface area is 65.4 Å². The molecule has 0 amide bonds. The second-order valence-corrected chi connectivity index (χ2v) is 2.56. The maximum Gasteiger partial charge on any atom is 0.0490 e. The highest BCUT2D eigenvalue weighted by Gasteiger charge is 2.03. The van der Waals surface area contributed by atoms with Gasteiger partial charge in [0.05, 0.1) is 0 Å². The third-order valence-electron chi connectivity index (χ3n) is 1.54. The molecule has 4 nitrogen and oxygen atoms in total. The zero-order valence-electron chi connectivity index (χ0n) is 6.33. The van der Waals surface area contributed by atoms with Crippen LogP contribution >= 0.6 is 0 Å². The number of nitrogens with zero attached hydrogens (tertiary/aromatic N) is 1. The van der Waals surface area contributed by atoms with Gasteiger partial charge in [-0.2, -0.15) is 5.10 Å². The number of hydrogen-bond acceptors (Lipinski definition) is 3. The molecule has 0 aliphatic carbocycles. The van der Waals surface area contributed by atoms with Gasteiger partial charge in [-0.1, -0.05) is 0 Å². The van der Waals surface area contributed by atoms with Crippen LogP contribution in [-0.2, 0) is 6.42 Å². The van der Waals surface area contributed by atoms with Crippen molar-refractivity contribution < 1.29 is 5.11 Å². The lowest BCUT2D eigenvalue weighted by Crippen LogP contribution is -2.24. The van der Waals surface area contributed by atoms with Crippen molar-refractivity contribution in [3.63, 3.8) is 0 Å². The molecule has 11 heavy (non-hydrogen) atoms. The summed E-state index contributed by atoms with van der Waals surface area (Å²) in [7, 11) is 0. The van der Waals surface area contributed by atoms with E-state index in [4.69, 9.17) is 10.8 Å². The molecule has 1 atom stereocenters. The van der Waals surface area contributed by atoms with E-state index in [-0.39, 0.29) is 12.6 Å². The van der Waals surface area contributed by atoms with Crippen molar-refractivity contribution in [3.05, 3.63) is 18.0 Å². The molecular weight excluding hydrogens is 142 g/mol. The third-order valence-corrected chi connectivity index (χ3v) is 1.54. The summed E-state index contributed by atoms with van der Waals surface area (Å²) in [5.74, 6) is 0. The molecule has 0 aliphatic heterocycles. The van der Waals surface area contributed by atoms with Gasteiger partial charge in [-0.05, 0) is 12.5 Å². The minimum absolute atomic E-state index is 0.0282. The predicted octanol–water partition coefficient (Wildman–Crippen LogP) is -0.338. The van der Waals surface area contributed by atoms with E-state index < -0.39 is 0 Å². The summed E-state index contributed by atoms with van der Waals surface area (Å²) in [5, 5.41) is 15.2. The molecule has 0 aliphatic rings. The van der Waals surface area contributed by atoms with Gasteiger partial charge in [0, 0.05) is 31.0 Å². The van der Waals surface area contributed by atoms with Gasteiger partial charge in [0.25, 0.3) is 0 Å². The second-order valence-electron chi connectivity index (χ2n) is 2.56. The molecule has 0 saturated heterocycles. The molecular formula is C7H13N3O. The van der Waals surface area contributed by atoms with Gasteiger partial charge in [0.1, 0.15) is 0 Å². The second kappa shape index (κ2) is 4.10. The number of nitrogens with two attached hydrogens (primary N) is 1. The van der Waals surface area contributed by atoms with Crippen LogP contribution in [0.2, 0.25) is 0 Å². The third kappa shape index (κ3) is 2.69. The van der Waals surface area contributed by atoms with Crippen molar-refractivity contribution in [1.29, 1.82) is 0 Å². The summed E-state index contributed by atoms with van der Waals surface area (Å²) in [6, 6.07) is 1.91. The lowest BCUT2D eigenvalue weighted by atomic mass is 10.1. The van der Waals surface area contributed by atoms with E-state index in [1.165, 1.54) is 0 Å². The quantitative estimate of drug-likeness (QED) is 0.557. The monoisotopic (exact) mass is 155 g/mol. The average molecular weight is 155 g/mol. The fraction of sp³-hybridized carbons (Fsp3) is 0.571. The molecule has 0 radical (unpaired) electrons. The highest BCUT2D eigenvalue weighted by Crippen LogP contribution is 1.98. The van der Waals surface area contributed by atoms with Crippen LogP contribution in [0.4, 0.5) is 0 Å². The van der Waals surface area contributed by atoms with E-state index in [0.29, 0.717) is 6.42 Å². The molecule has 1 rings (SSSR count). The molecule has 0 fully saturated rings. The lowest BCUT2D eigenvalue weighted by Gasteiger charge is -2.06. The average Bonchev–Trinajstić information content (AvgIpc) is 2.40. The SMILES string of the molecule is NC(CCO)Cc1ccn[nH]1. The summed E-state index contributed by atoms with van der Waals surface area (Å²) < 4.78 is 0. The lowest BCUT2D eigenvalue weighted by molar-refractivity contribution is 0.275. The highest BCUT2D eigenvalue weighted by molar-refractivity contribution is 4.99. The van der Waals surface area contributed by atoms with E-state index in [9.17, 15) is 0 Å². The number of hydrogen-bond donors (Lipinski definition) is 3. The molecule has 62 valence electrons. The van der Waals surface area contributed by atoms with Gasteiger partial charge in [-0.25, -0.2) is 0 Å². The van der Waals surface area contributed by atoms with E-state index >= 15 is 0 Å². The number of aliphatic hydroxyl groups excluding tert-OH is 1. The minimum Gasteiger partial charge on any atom is -0.396 e. The first-order chi connectivity index (χ1) is 5.33. The summed E-state index contributed by atoms with van der Waals surface area (Å²) in [6.07, 6.45) is 3.08. The zero-order valence-corrected chi connectivity index (χ0v) is 6.33. The first-order valence-electron chi connectivity index (χ1n) is 3.67. The Morgan fingerprint density at radius 1 is 1.73 bits per heavy atom. The Bertz CT molecular complexity index is 186. The van der Waals surface area contributed by atoms with Crippen LogP contribution in [0.3, 0.4) is 0 Å². The zero-order chi connectivity index (χ0) is 8.10. The molecule has 1 unspecified atom stereocenters. The summed E-state index contributed by atoms with van der Waals surface area (Å²) in [4.78, 5) is 0. The Morgan fingerprint density at radius 2 is 2.55 bits per heavy atom. The van der Waals surface area contributed by atoms with Crippen molar-refractivity contribution in [3.8, 4) is 0 Å². The van der Waals surface area contributed by atoms with Crippen LogP contribution in [0.5, 0.6) is 0 Å². The van der Waals surface area contributed by atoms with Crippen LogP contribution in [0.15, 0.2) is 12.3 Å². The fourth-order valence-corrected chi connectivity index (χ4v) is 0.949. The van der Waals surface area contributed by atoms with Crippen LogP contribution in [0, 0.1) is 0 Å². The van der Waals surface area contributed by atoms with Crippen LogP contribution in [0.1, 0.15) is 12.1 Å². The van der Waals surface area contributed by atoms with Gasteiger partial charge in [0.15, 0.2) is 0 Å². The maximum absolute atomic E-state index is 8.56. The summed E-state index contributed by atoms with van der Waals surface area (Å²) in [6.45, 7) is 0.148. The first kappa shape index (κ1) is 8.23. The molecule has 1 aromatic rings. The topological polar surface area (TPSA) is 74.9 Å². The number of aromatic nitrogens is 2. The molecule has 1 aromatic heterocycles. The van der Waals surface area contributed by atoms with Gasteiger partial charge in [0.2, 0.25) is 0 Å². The van der Waals surface area contributed by atoms with Crippen molar-refractivity contribution >= 4 is 0 Å². The Hall–Kier alpha value is -0.870. The molecule has 4 N–H and O–H groups in total. The molecule has 0 saturated carbocycles. The van der Waals surface area contributed by atoms with E-state index in [0.717, 1.165) is 12.1 Å². The Balaban J connectivity index is 2.31. The molecule has 0 aromatic carbocycles. The summed E-state index contributed by atoms with van der Waals surface area (Å²) >= 11 is 0. The molecule has 0 bridgehead atoms. The Morgan fingerprint density at radius 3 is 3.09 bits per heavy atom. The smallest absolute Gasteiger partial charge is 0.0490 e. The van der Waals surface area contributed by atoms with E-state index in [2.05, 4.69) is 10.2 Å². The van der Waals surface area contributed by atoms with E-state index in [1.807, 2.05) is 6.07 Å². The van der Waals surface area contributed by atoms with Crippen LogP contribution in [-0.4, -0.2) is 28.0 Å². The number of aliphatic hydroxyl groups is 1. The maximum atomic E-state index is 8.56. The number of H-pyrrole nitrogens is 1. The normalized spacial score (nSPS) is 13.3. The fourth-order valence-electron chi connectivity index (χ4n) is 0.949. The van der Waals surface area contributed by atoms with Crippen molar-refractivity contribution in [2.24, 2.45) is 5.73 Å². The number of aromatic amines is 1. The van der Waals surface area contributed by atoms with E-state index in [1.54, 1.807) is 6.20 Å². The van der Waals surface area contributed by atoms with Crippen molar-refractivity contribution in [2.75, 3.05) is 6.61 Å². The first-order valence-corrected chi connectivity index (χ1v) is 3.67. The predicted molar refractivity (Wildman–Crippen MR) is 42.0 cm³/mol. The highest BCUT2D eigenvalue weighted by atomic mass is 16.3. The van der Waals surface area contributed by atoms with Crippen LogP contribution < -0.4 is 5.73 Å². The molecule has 4 heteroatoms.